The molecule has 2 rings (SSSR count). The van der Waals surface area contributed by atoms with E-state index in [0.717, 1.165) is 5.69 Å². The van der Waals surface area contributed by atoms with Gasteiger partial charge in [0.05, 0.1) is 18.0 Å². The highest BCUT2D eigenvalue weighted by molar-refractivity contribution is 5.97. The number of ether oxygens (including phenoxy) is 1. The summed E-state index contributed by atoms with van der Waals surface area (Å²) in [5.41, 5.74) is 7.89. The molecule has 6 nitrogen and oxygen atoms in total. The van der Waals surface area contributed by atoms with Gasteiger partial charge in [-0.3, -0.25) is 0 Å². The molecule has 0 radical (unpaired) electrons. The van der Waals surface area contributed by atoms with Crippen molar-refractivity contribution >= 4 is 11.6 Å². The maximum atomic E-state index is 11.8. The number of aromatic nitrogens is 3. The van der Waals surface area contributed by atoms with Crippen molar-refractivity contribution in [1.82, 2.24) is 14.6 Å². The minimum Gasteiger partial charge on any atom is -0.462 e. The minimum absolute atomic E-state index is 0.326. The van der Waals surface area contributed by atoms with Gasteiger partial charge in [-0.15, -0.1) is 0 Å². The molecule has 17 heavy (non-hydrogen) atoms. The van der Waals surface area contributed by atoms with Gasteiger partial charge in [0.15, 0.2) is 5.65 Å². The smallest absolute Gasteiger partial charge is 0.343 e. The number of hydrogen-bond acceptors (Lipinski definition) is 5. The number of fused-ring (bicyclic) bond motifs is 1. The predicted octanol–water partition coefficient (Wildman–Crippen LogP) is 0.673. The summed E-state index contributed by atoms with van der Waals surface area (Å²) in [6.07, 6.45) is 1.61. The summed E-state index contributed by atoms with van der Waals surface area (Å²) in [6.45, 7) is 4.17. The first kappa shape index (κ1) is 11.5. The Morgan fingerprint density at radius 1 is 1.59 bits per heavy atom. The van der Waals surface area contributed by atoms with E-state index in [-0.39, 0.29) is 0 Å². The standard InChI is InChI=1S/C11H14N4O2/c1-3-17-11(16)9-7(2)14-15-8(6-12)4-5-13-10(9)15/h4-5H,3,6,12H2,1-2H3. The molecule has 0 spiro atoms. The van der Waals surface area contributed by atoms with Crippen LogP contribution in [-0.4, -0.2) is 27.2 Å². The van der Waals surface area contributed by atoms with Crippen molar-refractivity contribution < 1.29 is 9.53 Å². The molecule has 0 aliphatic rings. The van der Waals surface area contributed by atoms with Gasteiger partial charge in [-0.25, -0.2) is 14.3 Å². The molecule has 90 valence electrons. The first-order valence-corrected chi connectivity index (χ1v) is 5.39. The molecule has 0 aliphatic carbocycles. The highest BCUT2D eigenvalue weighted by Gasteiger charge is 2.20. The molecule has 0 unspecified atom stereocenters. The molecule has 6 heteroatoms. The van der Waals surface area contributed by atoms with Crippen LogP contribution in [0.2, 0.25) is 0 Å². The van der Waals surface area contributed by atoms with E-state index in [9.17, 15) is 4.79 Å². The summed E-state index contributed by atoms with van der Waals surface area (Å²) in [7, 11) is 0. The minimum atomic E-state index is -0.401. The quantitative estimate of drug-likeness (QED) is 0.789. The molecule has 0 saturated heterocycles. The predicted molar refractivity (Wildman–Crippen MR) is 61.6 cm³/mol. The van der Waals surface area contributed by atoms with Crippen molar-refractivity contribution in [3.05, 3.63) is 29.2 Å². The monoisotopic (exact) mass is 234 g/mol. The maximum Gasteiger partial charge on any atom is 0.343 e. The highest BCUT2D eigenvalue weighted by Crippen LogP contribution is 2.15. The van der Waals surface area contributed by atoms with Crippen LogP contribution in [0.4, 0.5) is 0 Å². The van der Waals surface area contributed by atoms with E-state index in [1.54, 1.807) is 30.6 Å². The normalized spacial score (nSPS) is 10.8. The Balaban J connectivity index is 2.64. The van der Waals surface area contributed by atoms with E-state index < -0.39 is 5.97 Å². The second-order valence-electron chi connectivity index (χ2n) is 3.56. The highest BCUT2D eigenvalue weighted by atomic mass is 16.5. The van der Waals surface area contributed by atoms with Crippen molar-refractivity contribution in [2.75, 3.05) is 6.61 Å². The Labute approximate surface area is 98.4 Å². The zero-order valence-electron chi connectivity index (χ0n) is 9.80. The first-order chi connectivity index (χ1) is 8.19. The number of aryl methyl sites for hydroxylation is 1. The fourth-order valence-electron chi connectivity index (χ4n) is 1.70. The van der Waals surface area contributed by atoms with Crippen LogP contribution in [0.3, 0.4) is 0 Å². The second-order valence-corrected chi connectivity index (χ2v) is 3.56. The molecule has 2 N–H and O–H groups in total. The van der Waals surface area contributed by atoms with Crippen LogP contribution in [-0.2, 0) is 11.3 Å². The molecule has 0 atom stereocenters. The lowest BCUT2D eigenvalue weighted by atomic mass is 10.2. The third-order valence-electron chi connectivity index (χ3n) is 2.46. The van der Waals surface area contributed by atoms with Crippen LogP contribution in [0.1, 0.15) is 28.7 Å². The molecule has 2 aromatic heterocycles. The van der Waals surface area contributed by atoms with Gasteiger partial charge >= 0.3 is 5.97 Å². The Morgan fingerprint density at radius 2 is 2.35 bits per heavy atom. The Bertz CT molecular complexity index is 562. The summed E-state index contributed by atoms with van der Waals surface area (Å²) in [4.78, 5) is 16.0. The SMILES string of the molecule is CCOC(=O)c1c(C)nn2c(CN)ccnc12. The van der Waals surface area contributed by atoms with Gasteiger partial charge in [0.1, 0.15) is 5.56 Å². The third kappa shape index (κ3) is 1.87. The van der Waals surface area contributed by atoms with Gasteiger partial charge in [0, 0.05) is 12.7 Å². The summed E-state index contributed by atoms with van der Waals surface area (Å²) >= 11 is 0. The first-order valence-electron chi connectivity index (χ1n) is 5.39. The lowest BCUT2D eigenvalue weighted by Crippen LogP contribution is -2.08. The van der Waals surface area contributed by atoms with Crippen LogP contribution >= 0.6 is 0 Å². The number of esters is 1. The second kappa shape index (κ2) is 4.50. The fraction of sp³-hybridized carbons (Fsp3) is 0.364. The van der Waals surface area contributed by atoms with Gasteiger partial charge in [0.2, 0.25) is 0 Å². The van der Waals surface area contributed by atoms with Crippen molar-refractivity contribution in [3.63, 3.8) is 0 Å². The number of rotatable bonds is 3. The van der Waals surface area contributed by atoms with Gasteiger partial charge in [-0.1, -0.05) is 0 Å². The van der Waals surface area contributed by atoms with Crippen molar-refractivity contribution in [3.8, 4) is 0 Å². The van der Waals surface area contributed by atoms with Crippen molar-refractivity contribution in [2.45, 2.75) is 20.4 Å². The van der Waals surface area contributed by atoms with Crippen LogP contribution in [0, 0.1) is 6.92 Å². The summed E-state index contributed by atoms with van der Waals surface area (Å²) in [6, 6.07) is 1.77. The van der Waals surface area contributed by atoms with Gasteiger partial charge in [-0.05, 0) is 19.9 Å². The number of nitrogens with two attached hydrogens (primary N) is 1. The Kier molecular flexibility index (Phi) is 3.06. The molecule has 0 aromatic carbocycles. The fourth-order valence-corrected chi connectivity index (χ4v) is 1.70. The van der Waals surface area contributed by atoms with Crippen LogP contribution < -0.4 is 5.73 Å². The average Bonchev–Trinajstić information content (AvgIpc) is 2.65. The Hall–Kier alpha value is -1.95. The number of carbonyl (C=O) groups excluding carboxylic acids is 1. The molecule has 0 saturated carbocycles. The largest absolute Gasteiger partial charge is 0.462 e. The summed E-state index contributed by atoms with van der Waals surface area (Å²) < 4.78 is 6.57. The average molecular weight is 234 g/mol. The summed E-state index contributed by atoms with van der Waals surface area (Å²) in [5.74, 6) is -0.401. The molecule has 2 heterocycles. The number of carbonyl (C=O) groups is 1. The topological polar surface area (TPSA) is 82.5 Å². The molecule has 0 amide bonds. The summed E-state index contributed by atoms with van der Waals surface area (Å²) in [5, 5.41) is 4.26. The van der Waals surface area contributed by atoms with E-state index in [0.29, 0.717) is 30.1 Å². The maximum absolute atomic E-state index is 11.8. The molecular formula is C11H14N4O2. The number of nitrogens with zero attached hydrogens (tertiary/aromatic N) is 3. The van der Waals surface area contributed by atoms with E-state index in [2.05, 4.69) is 10.1 Å². The zero-order chi connectivity index (χ0) is 12.4. The van der Waals surface area contributed by atoms with E-state index in [1.165, 1.54) is 0 Å². The Morgan fingerprint density at radius 3 is 3.00 bits per heavy atom. The lowest BCUT2D eigenvalue weighted by molar-refractivity contribution is 0.0527. The molecule has 2 aromatic rings. The van der Waals surface area contributed by atoms with Crippen molar-refractivity contribution in [2.24, 2.45) is 5.73 Å². The van der Waals surface area contributed by atoms with Crippen molar-refractivity contribution in [1.29, 1.82) is 0 Å². The van der Waals surface area contributed by atoms with Gasteiger partial charge in [-0.2, -0.15) is 5.10 Å². The van der Waals surface area contributed by atoms with Crippen LogP contribution in [0.15, 0.2) is 12.3 Å². The van der Waals surface area contributed by atoms with E-state index in [4.69, 9.17) is 10.5 Å². The molecule has 0 aliphatic heterocycles. The van der Waals surface area contributed by atoms with Crippen LogP contribution in [0.5, 0.6) is 0 Å². The van der Waals surface area contributed by atoms with Gasteiger partial charge in [0.25, 0.3) is 0 Å². The van der Waals surface area contributed by atoms with E-state index in [1.807, 2.05) is 0 Å². The third-order valence-corrected chi connectivity index (χ3v) is 2.46. The molecular weight excluding hydrogens is 220 g/mol. The zero-order valence-corrected chi connectivity index (χ0v) is 9.80. The lowest BCUT2D eigenvalue weighted by Gasteiger charge is -2.01. The molecule has 0 bridgehead atoms. The van der Waals surface area contributed by atoms with E-state index >= 15 is 0 Å². The molecule has 0 fully saturated rings. The number of hydrogen-bond donors (Lipinski definition) is 1. The van der Waals surface area contributed by atoms with Gasteiger partial charge < -0.3 is 10.5 Å². The van der Waals surface area contributed by atoms with Crippen LogP contribution in [0.25, 0.3) is 5.65 Å².